The van der Waals surface area contributed by atoms with E-state index in [2.05, 4.69) is 35.3 Å². The fourth-order valence-corrected chi connectivity index (χ4v) is 1.19. The van der Waals surface area contributed by atoms with Crippen LogP contribution in [0.5, 0.6) is 0 Å². The number of aromatic nitrogens is 4. The van der Waals surface area contributed by atoms with E-state index in [1.54, 1.807) is 7.05 Å². The summed E-state index contributed by atoms with van der Waals surface area (Å²) in [6.45, 7) is 0.164. The van der Waals surface area contributed by atoms with Crippen molar-refractivity contribution in [2.75, 3.05) is 17.7 Å². The molecule has 0 spiro atoms. The molecule has 2 N–H and O–H groups in total. The van der Waals surface area contributed by atoms with Crippen LogP contribution in [0.1, 0.15) is 5.82 Å². The highest BCUT2D eigenvalue weighted by atomic mass is 16.6. The molecule has 0 aliphatic heterocycles. The van der Waals surface area contributed by atoms with Gasteiger partial charge in [-0.1, -0.05) is 5.16 Å². The minimum absolute atomic E-state index is 0.0872. The molecule has 2 aromatic rings. The topological polar surface area (TPSA) is 132 Å². The first-order chi connectivity index (χ1) is 8.70. The van der Waals surface area contributed by atoms with Crippen LogP contribution in [-0.2, 0) is 6.54 Å². The third-order valence-corrected chi connectivity index (χ3v) is 2.01. The smallest absolute Gasteiger partial charge is 0.329 e. The molecule has 0 radical (unpaired) electrons. The van der Waals surface area contributed by atoms with Gasteiger partial charge >= 0.3 is 5.69 Å². The van der Waals surface area contributed by atoms with Crippen LogP contribution in [0.25, 0.3) is 0 Å². The summed E-state index contributed by atoms with van der Waals surface area (Å²) in [5.74, 6) is 0.731. The summed E-state index contributed by atoms with van der Waals surface area (Å²) in [5.41, 5.74) is -0.225. The second-order valence-corrected chi connectivity index (χ2v) is 3.14. The summed E-state index contributed by atoms with van der Waals surface area (Å²) in [7, 11) is 1.62. The Morgan fingerprint density at radius 2 is 2.33 bits per heavy atom. The van der Waals surface area contributed by atoms with E-state index in [9.17, 15) is 10.1 Å². The minimum atomic E-state index is -0.571. The van der Waals surface area contributed by atoms with Gasteiger partial charge in [-0.3, -0.25) is 10.1 Å². The molecule has 0 aromatic carbocycles. The van der Waals surface area contributed by atoms with Gasteiger partial charge in [0.05, 0.1) is 11.5 Å². The van der Waals surface area contributed by atoms with Crippen molar-refractivity contribution in [3.05, 3.63) is 28.5 Å². The van der Waals surface area contributed by atoms with E-state index in [0.717, 1.165) is 6.20 Å². The first-order valence-electron chi connectivity index (χ1n) is 4.89. The molecule has 18 heavy (non-hydrogen) atoms. The average Bonchev–Trinajstić information content (AvgIpc) is 2.88. The van der Waals surface area contributed by atoms with Crippen molar-refractivity contribution < 1.29 is 9.45 Å². The first-order valence-corrected chi connectivity index (χ1v) is 4.89. The molecule has 10 nitrogen and oxygen atoms in total. The molecule has 2 aromatic heterocycles. The van der Waals surface area contributed by atoms with Gasteiger partial charge < -0.3 is 15.2 Å². The Labute approximate surface area is 101 Å². The van der Waals surface area contributed by atoms with Gasteiger partial charge in [0.1, 0.15) is 6.20 Å². The molecule has 0 saturated heterocycles. The van der Waals surface area contributed by atoms with Crippen molar-refractivity contribution >= 4 is 17.5 Å². The predicted octanol–water partition coefficient (Wildman–Crippen LogP) is 0.422. The molecule has 94 valence electrons. The van der Waals surface area contributed by atoms with Crippen molar-refractivity contribution in [2.45, 2.75) is 6.54 Å². The molecule has 0 amide bonds. The van der Waals surface area contributed by atoms with Gasteiger partial charge in [-0.15, -0.1) is 0 Å². The zero-order valence-corrected chi connectivity index (χ0v) is 9.32. The van der Waals surface area contributed by atoms with E-state index in [1.807, 2.05) is 0 Å². The Bertz CT molecular complexity index is 542. The van der Waals surface area contributed by atoms with Gasteiger partial charge in [-0.2, -0.15) is 9.97 Å². The van der Waals surface area contributed by atoms with Gasteiger partial charge in [-0.25, -0.2) is 4.98 Å². The predicted molar refractivity (Wildman–Crippen MR) is 59.9 cm³/mol. The van der Waals surface area contributed by atoms with Crippen LogP contribution in [0.15, 0.2) is 17.1 Å². The molecule has 2 rings (SSSR count). The number of hydrogen-bond donors (Lipinski definition) is 2. The summed E-state index contributed by atoms with van der Waals surface area (Å²) in [5, 5.41) is 19.8. The third kappa shape index (κ3) is 2.48. The van der Waals surface area contributed by atoms with Crippen LogP contribution in [-0.4, -0.2) is 32.1 Å². The van der Waals surface area contributed by atoms with E-state index >= 15 is 0 Å². The Hall–Kier alpha value is -2.78. The lowest BCUT2D eigenvalue weighted by molar-refractivity contribution is -0.384. The normalized spacial score (nSPS) is 10.1. The summed E-state index contributed by atoms with van der Waals surface area (Å²) in [4.78, 5) is 21.7. The van der Waals surface area contributed by atoms with Crippen molar-refractivity contribution in [1.29, 1.82) is 0 Å². The molecule has 10 heteroatoms. The fraction of sp³-hybridized carbons (Fsp3) is 0.250. The van der Waals surface area contributed by atoms with Crippen molar-refractivity contribution in [3.8, 4) is 0 Å². The third-order valence-electron chi connectivity index (χ3n) is 2.01. The van der Waals surface area contributed by atoms with E-state index in [4.69, 9.17) is 0 Å². The van der Waals surface area contributed by atoms with Crippen LogP contribution < -0.4 is 10.6 Å². The molecule has 2 heterocycles. The van der Waals surface area contributed by atoms with E-state index in [-0.39, 0.29) is 24.0 Å². The largest absolute Gasteiger partial charge is 0.357 e. The van der Waals surface area contributed by atoms with Crippen LogP contribution in [0.4, 0.5) is 17.5 Å². The molecular weight excluding hydrogens is 242 g/mol. The highest BCUT2D eigenvalue weighted by Gasteiger charge is 2.17. The lowest BCUT2D eigenvalue weighted by Gasteiger charge is -2.05. The van der Waals surface area contributed by atoms with E-state index < -0.39 is 4.92 Å². The number of anilines is 2. The van der Waals surface area contributed by atoms with Gasteiger partial charge in [0.25, 0.3) is 0 Å². The standard InChI is InChI=1S/C8H9N7O3/c1-9-8-11-2-5(15(16)17)7(13-8)10-3-6-12-4-18-14-6/h2,4H,3H2,1H3,(H2,9,10,11,13). The van der Waals surface area contributed by atoms with Gasteiger partial charge in [-0.05, 0) is 0 Å². The minimum Gasteiger partial charge on any atom is -0.357 e. The highest BCUT2D eigenvalue weighted by Crippen LogP contribution is 2.21. The quantitative estimate of drug-likeness (QED) is 0.572. The number of hydrogen-bond acceptors (Lipinski definition) is 9. The fourth-order valence-electron chi connectivity index (χ4n) is 1.19. The Morgan fingerprint density at radius 3 is 2.94 bits per heavy atom. The van der Waals surface area contributed by atoms with Gasteiger partial charge in [0, 0.05) is 7.05 Å². The Kier molecular flexibility index (Phi) is 3.27. The van der Waals surface area contributed by atoms with Gasteiger partial charge in [0.15, 0.2) is 5.82 Å². The van der Waals surface area contributed by atoms with Gasteiger partial charge in [0.2, 0.25) is 18.2 Å². The SMILES string of the molecule is CNc1ncc([N+](=O)[O-])c(NCc2ncon2)n1. The molecule has 0 aliphatic rings. The molecule has 0 atom stereocenters. The van der Waals surface area contributed by atoms with Crippen LogP contribution in [0.2, 0.25) is 0 Å². The second-order valence-electron chi connectivity index (χ2n) is 3.14. The zero-order valence-electron chi connectivity index (χ0n) is 9.32. The summed E-state index contributed by atoms with van der Waals surface area (Å²) in [6.07, 6.45) is 2.29. The molecule has 0 bridgehead atoms. The van der Waals surface area contributed by atoms with Crippen molar-refractivity contribution in [2.24, 2.45) is 0 Å². The molecule has 0 aliphatic carbocycles. The van der Waals surface area contributed by atoms with Crippen LogP contribution in [0, 0.1) is 10.1 Å². The van der Waals surface area contributed by atoms with Crippen molar-refractivity contribution in [3.63, 3.8) is 0 Å². The highest BCUT2D eigenvalue weighted by molar-refractivity contribution is 5.56. The monoisotopic (exact) mass is 251 g/mol. The number of nitro groups is 1. The summed E-state index contributed by atoms with van der Waals surface area (Å²) in [6, 6.07) is 0. The van der Waals surface area contributed by atoms with Crippen LogP contribution in [0.3, 0.4) is 0 Å². The maximum atomic E-state index is 10.8. The average molecular weight is 251 g/mol. The van der Waals surface area contributed by atoms with E-state index in [0.29, 0.717) is 5.82 Å². The summed E-state index contributed by atoms with van der Waals surface area (Å²) >= 11 is 0. The number of nitrogens with one attached hydrogen (secondary N) is 2. The maximum Gasteiger partial charge on any atom is 0.329 e. The maximum absolute atomic E-state index is 10.8. The lowest BCUT2D eigenvalue weighted by Crippen LogP contribution is -2.08. The zero-order chi connectivity index (χ0) is 13.0. The molecule has 0 saturated carbocycles. The Morgan fingerprint density at radius 1 is 1.50 bits per heavy atom. The number of rotatable bonds is 5. The number of nitrogens with zero attached hydrogens (tertiary/aromatic N) is 5. The molecular formula is C8H9N7O3. The molecule has 0 fully saturated rings. The molecule has 0 unspecified atom stereocenters. The lowest BCUT2D eigenvalue weighted by atomic mass is 10.4. The Balaban J connectivity index is 2.20. The first kappa shape index (κ1) is 11.7. The second kappa shape index (κ2) is 5.03. The van der Waals surface area contributed by atoms with Crippen molar-refractivity contribution in [1.82, 2.24) is 20.1 Å². The van der Waals surface area contributed by atoms with E-state index in [1.165, 1.54) is 6.39 Å². The van der Waals surface area contributed by atoms with Crippen LogP contribution >= 0.6 is 0 Å². The summed E-state index contributed by atoms with van der Waals surface area (Å²) < 4.78 is 4.55.